The maximum Gasteiger partial charge on any atom is 0.271 e. The summed E-state index contributed by atoms with van der Waals surface area (Å²) in [7, 11) is 0. The molecule has 1 fully saturated rings. The van der Waals surface area contributed by atoms with Crippen molar-refractivity contribution < 1.29 is 9.72 Å². The van der Waals surface area contributed by atoms with Crippen molar-refractivity contribution >= 4 is 17.3 Å². The Morgan fingerprint density at radius 3 is 2.23 bits per heavy atom. The number of nitrogens with zero attached hydrogens (tertiary/aromatic N) is 6. The second kappa shape index (κ2) is 6.74. The van der Waals surface area contributed by atoms with Gasteiger partial charge in [0.05, 0.1) is 16.3 Å². The molecule has 0 bridgehead atoms. The maximum atomic E-state index is 12.4. The van der Waals surface area contributed by atoms with E-state index in [4.69, 9.17) is 0 Å². The fraction of sp³-hybridized carbons (Fsp3) is 0.471. The van der Waals surface area contributed by atoms with E-state index < -0.39 is 10.3 Å². The molecule has 1 aliphatic heterocycles. The highest BCUT2D eigenvalue weighted by Crippen LogP contribution is 2.30. The van der Waals surface area contributed by atoms with Crippen molar-refractivity contribution in [2.24, 2.45) is 5.41 Å². The van der Waals surface area contributed by atoms with Gasteiger partial charge in [0, 0.05) is 43.7 Å². The largest absolute Gasteiger partial charge is 0.366 e. The first-order chi connectivity index (χ1) is 12.3. The molecular weight excluding hydrogens is 336 g/mol. The average Bonchev–Trinajstić information content (AvgIpc) is 3.14. The van der Waals surface area contributed by atoms with Crippen LogP contribution in [0.3, 0.4) is 0 Å². The molecule has 0 N–H and O–H groups in total. The fourth-order valence-corrected chi connectivity index (χ4v) is 3.05. The molecule has 1 aromatic heterocycles. The van der Waals surface area contributed by atoms with Crippen LogP contribution in [-0.4, -0.2) is 56.7 Å². The molecule has 0 spiro atoms. The Morgan fingerprint density at radius 1 is 1.08 bits per heavy atom. The van der Waals surface area contributed by atoms with E-state index in [0.717, 1.165) is 5.69 Å². The molecule has 9 nitrogen and oxygen atoms in total. The monoisotopic (exact) mass is 358 g/mol. The standard InChI is InChI=1S/C17H22N6O3/c1-17(2,3)16(24)21-8-6-20(7-9-21)14-5-4-13(23(25)26)10-15(14)22-11-18-19-12-22/h4-5,10-12H,6-9H2,1-3H3. The quantitative estimate of drug-likeness (QED) is 0.614. The van der Waals surface area contributed by atoms with Gasteiger partial charge in [0.1, 0.15) is 12.7 Å². The van der Waals surface area contributed by atoms with E-state index in [2.05, 4.69) is 15.1 Å². The number of rotatable bonds is 3. The second-order valence-corrected chi connectivity index (χ2v) is 7.33. The van der Waals surface area contributed by atoms with E-state index in [1.165, 1.54) is 24.8 Å². The Kier molecular flexibility index (Phi) is 4.62. The summed E-state index contributed by atoms with van der Waals surface area (Å²) in [5, 5.41) is 18.7. The summed E-state index contributed by atoms with van der Waals surface area (Å²) in [6.07, 6.45) is 3.03. The summed E-state index contributed by atoms with van der Waals surface area (Å²) in [6.45, 7) is 8.32. The van der Waals surface area contributed by atoms with Crippen LogP contribution in [0, 0.1) is 15.5 Å². The lowest BCUT2D eigenvalue weighted by Gasteiger charge is -2.39. The molecule has 0 atom stereocenters. The van der Waals surface area contributed by atoms with Crippen molar-refractivity contribution in [2.45, 2.75) is 20.8 Å². The molecule has 0 aliphatic carbocycles. The minimum atomic E-state index is -0.419. The third kappa shape index (κ3) is 3.51. The zero-order valence-corrected chi connectivity index (χ0v) is 15.1. The topological polar surface area (TPSA) is 97.4 Å². The van der Waals surface area contributed by atoms with E-state index in [1.54, 1.807) is 10.6 Å². The van der Waals surface area contributed by atoms with Gasteiger partial charge in [-0.05, 0) is 6.07 Å². The molecule has 9 heteroatoms. The Balaban J connectivity index is 1.84. The van der Waals surface area contributed by atoms with Gasteiger partial charge in [-0.25, -0.2) is 0 Å². The van der Waals surface area contributed by atoms with E-state index in [0.29, 0.717) is 31.9 Å². The number of carbonyl (C=O) groups excluding carboxylic acids is 1. The summed E-state index contributed by atoms with van der Waals surface area (Å²) in [5.74, 6) is 0.139. The lowest BCUT2D eigenvalue weighted by atomic mass is 9.94. The first-order valence-electron chi connectivity index (χ1n) is 8.45. The van der Waals surface area contributed by atoms with Gasteiger partial charge in [0.15, 0.2) is 0 Å². The molecule has 2 aromatic rings. The highest BCUT2D eigenvalue weighted by molar-refractivity contribution is 5.82. The lowest BCUT2D eigenvalue weighted by molar-refractivity contribution is -0.384. The Morgan fingerprint density at radius 2 is 1.69 bits per heavy atom. The van der Waals surface area contributed by atoms with Gasteiger partial charge >= 0.3 is 0 Å². The number of benzene rings is 1. The van der Waals surface area contributed by atoms with Crippen LogP contribution in [0.4, 0.5) is 11.4 Å². The van der Waals surface area contributed by atoms with Gasteiger partial charge in [-0.2, -0.15) is 0 Å². The molecule has 1 saturated heterocycles. The predicted molar refractivity (Wildman–Crippen MR) is 96.3 cm³/mol. The normalized spacial score (nSPS) is 15.2. The minimum Gasteiger partial charge on any atom is -0.366 e. The number of carbonyl (C=O) groups is 1. The predicted octanol–water partition coefficient (Wildman–Crippen LogP) is 1.87. The number of hydrogen-bond acceptors (Lipinski definition) is 6. The van der Waals surface area contributed by atoms with Crippen LogP contribution >= 0.6 is 0 Å². The summed E-state index contributed by atoms with van der Waals surface area (Å²) >= 11 is 0. The smallest absolute Gasteiger partial charge is 0.271 e. The summed E-state index contributed by atoms with van der Waals surface area (Å²) in [5.41, 5.74) is 1.13. The highest BCUT2D eigenvalue weighted by atomic mass is 16.6. The van der Waals surface area contributed by atoms with Crippen LogP contribution in [0.1, 0.15) is 20.8 Å². The second-order valence-electron chi connectivity index (χ2n) is 7.33. The van der Waals surface area contributed by atoms with Gasteiger partial charge in [-0.15, -0.1) is 10.2 Å². The van der Waals surface area contributed by atoms with Crippen molar-refractivity contribution in [3.05, 3.63) is 41.0 Å². The molecule has 0 radical (unpaired) electrons. The van der Waals surface area contributed by atoms with Gasteiger partial charge in [0.25, 0.3) is 5.69 Å². The number of nitro benzene ring substituents is 1. The third-order valence-electron chi connectivity index (χ3n) is 4.42. The Labute approximate surface area is 151 Å². The number of piperazine rings is 1. The van der Waals surface area contributed by atoms with Crippen LogP contribution in [0.15, 0.2) is 30.9 Å². The summed E-state index contributed by atoms with van der Waals surface area (Å²) in [4.78, 5) is 27.2. The van der Waals surface area contributed by atoms with Gasteiger partial charge < -0.3 is 9.80 Å². The van der Waals surface area contributed by atoms with Crippen molar-refractivity contribution in [1.29, 1.82) is 0 Å². The van der Waals surface area contributed by atoms with Crippen LogP contribution in [0.25, 0.3) is 5.69 Å². The van der Waals surface area contributed by atoms with Gasteiger partial charge in [0.2, 0.25) is 5.91 Å². The van der Waals surface area contributed by atoms with Crippen LogP contribution in [0.2, 0.25) is 0 Å². The maximum absolute atomic E-state index is 12.4. The molecule has 0 unspecified atom stereocenters. The molecule has 3 rings (SSSR count). The Hall–Kier alpha value is -2.97. The molecular formula is C17H22N6O3. The number of amides is 1. The van der Waals surface area contributed by atoms with Crippen molar-refractivity contribution in [1.82, 2.24) is 19.7 Å². The number of anilines is 1. The fourth-order valence-electron chi connectivity index (χ4n) is 3.05. The summed E-state index contributed by atoms with van der Waals surface area (Å²) < 4.78 is 1.66. The number of hydrogen-bond donors (Lipinski definition) is 0. The first kappa shape index (κ1) is 17.8. The van der Waals surface area contributed by atoms with E-state index in [1.807, 2.05) is 25.7 Å². The molecule has 1 aliphatic rings. The zero-order valence-electron chi connectivity index (χ0n) is 15.1. The minimum absolute atomic E-state index is 0.0130. The lowest BCUT2D eigenvalue weighted by Crippen LogP contribution is -2.51. The van der Waals surface area contributed by atoms with E-state index >= 15 is 0 Å². The number of nitro groups is 1. The third-order valence-corrected chi connectivity index (χ3v) is 4.42. The zero-order chi connectivity index (χ0) is 18.9. The molecule has 26 heavy (non-hydrogen) atoms. The molecule has 1 amide bonds. The molecule has 0 saturated carbocycles. The average molecular weight is 358 g/mol. The molecule has 138 valence electrons. The van der Waals surface area contributed by atoms with Crippen LogP contribution in [0.5, 0.6) is 0 Å². The Bertz CT molecular complexity index is 804. The van der Waals surface area contributed by atoms with Gasteiger partial charge in [-0.3, -0.25) is 19.5 Å². The van der Waals surface area contributed by atoms with Crippen molar-refractivity contribution in [3.63, 3.8) is 0 Å². The molecule has 1 aromatic carbocycles. The van der Waals surface area contributed by atoms with Crippen LogP contribution < -0.4 is 4.90 Å². The van der Waals surface area contributed by atoms with Crippen molar-refractivity contribution in [2.75, 3.05) is 31.1 Å². The number of non-ortho nitro benzene ring substituents is 1. The van der Waals surface area contributed by atoms with Crippen LogP contribution in [-0.2, 0) is 4.79 Å². The van der Waals surface area contributed by atoms with Crippen molar-refractivity contribution in [3.8, 4) is 5.69 Å². The highest BCUT2D eigenvalue weighted by Gasteiger charge is 2.30. The van der Waals surface area contributed by atoms with Gasteiger partial charge in [-0.1, -0.05) is 20.8 Å². The first-order valence-corrected chi connectivity index (χ1v) is 8.45. The molecule has 2 heterocycles. The van der Waals surface area contributed by atoms with E-state index in [9.17, 15) is 14.9 Å². The summed E-state index contributed by atoms with van der Waals surface area (Å²) in [6, 6.07) is 4.76. The number of aromatic nitrogens is 3. The van der Waals surface area contributed by atoms with E-state index in [-0.39, 0.29) is 11.6 Å². The SMILES string of the molecule is CC(C)(C)C(=O)N1CCN(c2ccc([N+](=O)[O-])cc2-n2cnnc2)CC1.